The van der Waals surface area contributed by atoms with Crippen molar-refractivity contribution in [3.8, 4) is 0 Å². The van der Waals surface area contributed by atoms with Crippen LogP contribution < -0.4 is 5.32 Å². The number of carbonyl (C=O) groups is 2. The van der Waals surface area contributed by atoms with Gasteiger partial charge in [0, 0.05) is 24.4 Å². The zero-order chi connectivity index (χ0) is 16.3. The van der Waals surface area contributed by atoms with E-state index in [1.54, 1.807) is 12.1 Å². The molecule has 1 aromatic rings. The van der Waals surface area contributed by atoms with Crippen molar-refractivity contribution in [1.29, 1.82) is 0 Å². The highest BCUT2D eigenvalue weighted by molar-refractivity contribution is 6.33. The van der Waals surface area contributed by atoms with E-state index < -0.39 is 0 Å². The van der Waals surface area contributed by atoms with Gasteiger partial charge in [0.2, 0.25) is 11.8 Å². The molecule has 0 aliphatic carbocycles. The Morgan fingerprint density at radius 3 is 2.32 bits per heavy atom. The Balaban J connectivity index is 1.90. The van der Waals surface area contributed by atoms with Gasteiger partial charge >= 0.3 is 0 Å². The third-order valence-corrected chi connectivity index (χ3v) is 4.26. The van der Waals surface area contributed by atoms with Crippen LogP contribution in [0.3, 0.4) is 0 Å². The van der Waals surface area contributed by atoms with Gasteiger partial charge in [0.15, 0.2) is 0 Å². The van der Waals surface area contributed by atoms with Crippen LogP contribution in [0.2, 0.25) is 5.02 Å². The Morgan fingerprint density at radius 1 is 1.18 bits per heavy atom. The molecule has 0 unspecified atom stereocenters. The van der Waals surface area contributed by atoms with Gasteiger partial charge in [0.1, 0.15) is 0 Å². The molecule has 4 nitrogen and oxygen atoms in total. The van der Waals surface area contributed by atoms with Gasteiger partial charge in [-0.1, -0.05) is 44.5 Å². The molecule has 1 heterocycles. The monoisotopic (exact) mass is 322 g/mol. The summed E-state index contributed by atoms with van der Waals surface area (Å²) in [6.45, 7) is 7.04. The summed E-state index contributed by atoms with van der Waals surface area (Å²) in [5, 5.41) is 3.42. The van der Waals surface area contributed by atoms with Gasteiger partial charge in [-0.25, -0.2) is 0 Å². The molecule has 1 aromatic carbocycles. The number of nitrogens with one attached hydrogen (secondary N) is 1. The predicted molar refractivity (Wildman–Crippen MR) is 88.8 cm³/mol. The van der Waals surface area contributed by atoms with Crippen molar-refractivity contribution in [3.05, 3.63) is 29.3 Å². The van der Waals surface area contributed by atoms with E-state index in [4.69, 9.17) is 11.6 Å². The minimum atomic E-state index is -0.368. The molecule has 0 saturated carbocycles. The maximum absolute atomic E-state index is 12.3. The Kier molecular flexibility index (Phi) is 5.12. The fourth-order valence-corrected chi connectivity index (χ4v) is 2.80. The van der Waals surface area contributed by atoms with Crippen LogP contribution >= 0.6 is 11.6 Å². The van der Waals surface area contributed by atoms with E-state index in [9.17, 15) is 9.59 Å². The van der Waals surface area contributed by atoms with Crippen LogP contribution in [0.5, 0.6) is 0 Å². The van der Waals surface area contributed by atoms with Gasteiger partial charge < -0.3 is 10.2 Å². The summed E-state index contributed by atoms with van der Waals surface area (Å²) in [6.07, 6.45) is 1.39. The smallest absolute Gasteiger partial charge is 0.227 e. The zero-order valence-electron chi connectivity index (χ0n) is 13.4. The quantitative estimate of drug-likeness (QED) is 0.905. The molecule has 2 rings (SSSR count). The number of piperidine rings is 1. The standard InChI is InChI=1S/C17H23ClN2O2/c1-17(2,3)16(22)20-10-8-12(9-11-20)15(21)19-14-7-5-4-6-13(14)18/h4-7,12H,8-11H2,1-3H3,(H,19,21). The number of hydrogen-bond donors (Lipinski definition) is 1. The summed E-state index contributed by atoms with van der Waals surface area (Å²) in [4.78, 5) is 26.4. The van der Waals surface area contributed by atoms with Crippen LogP contribution in [-0.4, -0.2) is 29.8 Å². The van der Waals surface area contributed by atoms with Crippen LogP contribution in [0.15, 0.2) is 24.3 Å². The second kappa shape index (κ2) is 6.69. The number of nitrogens with zero attached hydrogens (tertiary/aromatic N) is 1. The third-order valence-electron chi connectivity index (χ3n) is 3.93. The van der Waals surface area contributed by atoms with Crippen molar-refractivity contribution in [1.82, 2.24) is 4.90 Å². The molecule has 5 heteroatoms. The van der Waals surface area contributed by atoms with Crippen molar-refractivity contribution in [2.45, 2.75) is 33.6 Å². The number of anilines is 1. The Bertz CT molecular complexity index is 558. The predicted octanol–water partition coefficient (Wildman–Crippen LogP) is 3.56. The van der Waals surface area contributed by atoms with Crippen LogP contribution in [0.1, 0.15) is 33.6 Å². The van der Waals surface area contributed by atoms with Crippen molar-refractivity contribution in [2.75, 3.05) is 18.4 Å². The second-order valence-corrected chi connectivity index (χ2v) is 7.19. The van der Waals surface area contributed by atoms with Gasteiger partial charge in [-0.3, -0.25) is 9.59 Å². The first-order chi connectivity index (χ1) is 10.3. The molecule has 0 atom stereocenters. The number of likely N-dealkylation sites (tertiary alicyclic amines) is 1. The van der Waals surface area contributed by atoms with Crippen LogP contribution in [0.4, 0.5) is 5.69 Å². The lowest BCUT2D eigenvalue weighted by Crippen LogP contribution is -2.45. The summed E-state index contributed by atoms with van der Waals surface area (Å²) in [7, 11) is 0. The van der Waals surface area contributed by atoms with E-state index in [-0.39, 0.29) is 23.1 Å². The van der Waals surface area contributed by atoms with E-state index >= 15 is 0 Å². The largest absolute Gasteiger partial charge is 0.342 e. The summed E-state index contributed by atoms with van der Waals surface area (Å²) in [5.41, 5.74) is 0.273. The van der Waals surface area contributed by atoms with Crippen molar-refractivity contribution >= 4 is 29.1 Å². The minimum absolute atomic E-state index is 0.0176. The van der Waals surface area contributed by atoms with Crippen LogP contribution in [0.25, 0.3) is 0 Å². The van der Waals surface area contributed by atoms with Gasteiger partial charge in [-0.2, -0.15) is 0 Å². The normalized spacial score (nSPS) is 16.5. The molecule has 2 amide bonds. The molecule has 1 N–H and O–H groups in total. The molecule has 22 heavy (non-hydrogen) atoms. The van der Waals surface area contributed by atoms with E-state index in [1.807, 2.05) is 37.8 Å². The number of para-hydroxylation sites is 1. The average molecular weight is 323 g/mol. The summed E-state index contributed by atoms with van der Waals surface area (Å²) in [6, 6.07) is 7.21. The highest BCUT2D eigenvalue weighted by Gasteiger charge is 2.32. The maximum Gasteiger partial charge on any atom is 0.227 e. The van der Waals surface area contributed by atoms with Gasteiger partial charge in [-0.15, -0.1) is 0 Å². The number of rotatable bonds is 2. The molecule has 0 aromatic heterocycles. The average Bonchev–Trinajstić information content (AvgIpc) is 2.48. The number of amides is 2. The number of benzene rings is 1. The first-order valence-corrected chi connectivity index (χ1v) is 8.01. The summed E-state index contributed by atoms with van der Waals surface area (Å²) >= 11 is 6.05. The zero-order valence-corrected chi connectivity index (χ0v) is 14.1. The summed E-state index contributed by atoms with van der Waals surface area (Å²) in [5.74, 6) is 0.0636. The molecule has 0 bridgehead atoms. The molecular formula is C17H23ClN2O2. The molecule has 1 aliphatic heterocycles. The molecule has 0 spiro atoms. The first kappa shape index (κ1) is 16.8. The van der Waals surface area contributed by atoms with E-state index in [0.717, 1.165) is 0 Å². The van der Waals surface area contributed by atoms with Crippen LogP contribution in [-0.2, 0) is 9.59 Å². The lowest BCUT2D eigenvalue weighted by atomic mass is 9.90. The fraction of sp³-hybridized carbons (Fsp3) is 0.529. The van der Waals surface area contributed by atoms with E-state index in [2.05, 4.69) is 5.32 Å². The Labute approximate surface area is 136 Å². The summed E-state index contributed by atoms with van der Waals surface area (Å²) < 4.78 is 0. The first-order valence-electron chi connectivity index (χ1n) is 7.64. The van der Waals surface area contributed by atoms with Gasteiger partial charge in [0.25, 0.3) is 0 Å². The number of hydrogen-bond acceptors (Lipinski definition) is 2. The minimum Gasteiger partial charge on any atom is -0.342 e. The Hall–Kier alpha value is -1.55. The molecular weight excluding hydrogens is 300 g/mol. The van der Waals surface area contributed by atoms with Crippen molar-refractivity contribution in [3.63, 3.8) is 0 Å². The third kappa shape index (κ3) is 4.01. The van der Waals surface area contributed by atoms with Crippen LogP contribution in [0, 0.1) is 11.3 Å². The number of halogens is 1. The lowest BCUT2D eigenvalue weighted by molar-refractivity contribution is -0.142. The molecule has 1 aliphatic rings. The van der Waals surface area contributed by atoms with Gasteiger partial charge in [-0.05, 0) is 25.0 Å². The number of carbonyl (C=O) groups excluding carboxylic acids is 2. The van der Waals surface area contributed by atoms with Crippen molar-refractivity contribution < 1.29 is 9.59 Å². The van der Waals surface area contributed by atoms with Crippen molar-refractivity contribution in [2.24, 2.45) is 11.3 Å². The second-order valence-electron chi connectivity index (χ2n) is 6.79. The highest BCUT2D eigenvalue weighted by Crippen LogP contribution is 2.26. The molecule has 120 valence electrons. The lowest BCUT2D eigenvalue weighted by Gasteiger charge is -2.35. The van der Waals surface area contributed by atoms with E-state index in [1.165, 1.54) is 0 Å². The highest BCUT2D eigenvalue weighted by atomic mass is 35.5. The maximum atomic E-state index is 12.3. The molecule has 1 saturated heterocycles. The topological polar surface area (TPSA) is 49.4 Å². The van der Waals surface area contributed by atoms with Gasteiger partial charge in [0.05, 0.1) is 10.7 Å². The van der Waals surface area contributed by atoms with E-state index in [0.29, 0.717) is 36.6 Å². The SMILES string of the molecule is CC(C)(C)C(=O)N1CCC(C(=O)Nc2ccccc2Cl)CC1. The molecule has 1 fully saturated rings. The fourth-order valence-electron chi connectivity index (χ4n) is 2.62. The molecule has 0 radical (unpaired) electrons. The Morgan fingerprint density at radius 2 is 1.77 bits per heavy atom.